The van der Waals surface area contributed by atoms with Gasteiger partial charge in [0.2, 0.25) is 0 Å². The van der Waals surface area contributed by atoms with Gasteiger partial charge in [0.25, 0.3) is 0 Å². The Morgan fingerprint density at radius 2 is 2.11 bits per heavy atom. The Balaban J connectivity index is 1.66. The van der Waals surface area contributed by atoms with Crippen LogP contribution in [-0.2, 0) is 6.42 Å². The van der Waals surface area contributed by atoms with E-state index < -0.39 is 6.23 Å². The minimum Gasteiger partial charge on any atom is -0.378 e. The molecular weight excluding hydrogens is 346 g/mol. The van der Waals surface area contributed by atoms with Crippen LogP contribution in [0.2, 0.25) is 0 Å². The summed E-state index contributed by atoms with van der Waals surface area (Å²) in [6.45, 7) is 8.50. The summed E-state index contributed by atoms with van der Waals surface area (Å²) < 4.78 is 0. The third-order valence-electron chi connectivity index (χ3n) is 6.70. The number of hydrogen-bond donors (Lipinski definition) is 2. The van der Waals surface area contributed by atoms with E-state index in [0.29, 0.717) is 12.1 Å². The van der Waals surface area contributed by atoms with Crippen molar-refractivity contribution in [2.45, 2.75) is 64.8 Å². The summed E-state index contributed by atoms with van der Waals surface area (Å²) in [6.07, 6.45) is 8.76. The Morgan fingerprint density at radius 1 is 1.29 bits per heavy atom. The third kappa shape index (κ3) is 3.42. The highest BCUT2D eigenvalue weighted by Crippen LogP contribution is 2.41. The smallest absolute Gasteiger partial charge is 0.115 e. The van der Waals surface area contributed by atoms with Gasteiger partial charge in [0.1, 0.15) is 6.23 Å². The summed E-state index contributed by atoms with van der Waals surface area (Å²) in [5.74, 6) is 0.135. The first-order chi connectivity index (χ1) is 13.5. The second kappa shape index (κ2) is 8.02. The molecule has 0 bridgehead atoms. The molecule has 152 valence electrons. The molecule has 2 heterocycles. The lowest BCUT2D eigenvalue weighted by atomic mass is 9.79. The van der Waals surface area contributed by atoms with Crippen molar-refractivity contribution < 1.29 is 5.11 Å². The van der Waals surface area contributed by atoms with Crippen molar-refractivity contribution in [2.24, 2.45) is 5.92 Å². The van der Waals surface area contributed by atoms with Gasteiger partial charge in [0.05, 0.1) is 0 Å². The van der Waals surface area contributed by atoms with Crippen molar-refractivity contribution in [3.63, 3.8) is 0 Å². The van der Waals surface area contributed by atoms with Gasteiger partial charge in [0, 0.05) is 48.2 Å². The van der Waals surface area contributed by atoms with Gasteiger partial charge in [-0.15, -0.1) is 0 Å². The number of nitrogens with one attached hydrogen (secondary N) is 1. The number of aliphatic hydroxyl groups is 1. The van der Waals surface area contributed by atoms with Crippen molar-refractivity contribution >= 4 is 16.5 Å². The number of nitrogens with zero attached hydrogens (tertiary/aromatic N) is 2. The molecule has 28 heavy (non-hydrogen) atoms. The second-order valence-corrected chi connectivity index (χ2v) is 8.94. The van der Waals surface area contributed by atoms with E-state index in [1.165, 1.54) is 40.4 Å². The molecule has 4 rings (SSSR count). The molecule has 4 nitrogen and oxygen atoms in total. The van der Waals surface area contributed by atoms with Crippen LogP contribution in [0.25, 0.3) is 16.5 Å². The molecule has 0 radical (unpaired) electrons. The average molecular weight is 382 g/mol. The molecule has 2 aromatic rings. The quantitative estimate of drug-likeness (QED) is 0.556. The van der Waals surface area contributed by atoms with Gasteiger partial charge in [-0.1, -0.05) is 38.0 Å². The van der Waals surface area contributed by atoms with Crippen molar-refractivity contribution in [2.75, 3.05) is 20.1 Å². The molecule has 0 spiro atoms. The van der Waals surface area contributed by atoms with Crippen LogP contribution >= 0.6 is 0 Å². The van der Waals surface area contributed by atoms with E-state index in [2.05, 4.69) is 73.1 Å². The number of hydrogen-bond acceptors (Lipinski definition) is 3. The van der Waals surface area contributed by atoms with Gasteiger partial charge in [0.15, 0.2) is 0 Å². The van der Waals surface area contributed by atoms with Crippen molar-refractivity contribution in [3.8, 4) is 0 Å². The number of fused-ring (bicyclic) bond motifs is 2. The van der Waals surface area contributed by atoms with Crippen LogP contribution < -0.4 is 0 Å². The molecule has 1 aromatic carbocycles. The minimum absolute atomic E-state index is 0.135. The molecule has 0 fully saturated rings. The Labute approximate surface area is 169 Å². The Kier molecular flexibility index (Phi) is 5.64. The first-order valence-corrected chi connectivity index (χ1v) is 11.0. The molecule has 1 aliphatic heterocycles. The number of aliphatic hydroxyl groups excluding tert-OH is 1. The largest absolute Gasteiger partial charge is 0.378 e. The van der Waals surface area contributed by atoms with E-state index in [0.717, 1.165) is 25.9 Å². The molecule has 2 N–H and O–H groups in total. The molecule has 0 saturated carbocycles. The maximum atomic E-state index is 11.3. The number of aromatic amines is 1. The van der Waals surface area contributed by atoms with Crippen LogP contribution in [0.3, 0.4) is 0 Å². The van der Waals surface area contributed by atoms with Gasteiger partial charge in [-0.25, -0.2) is 0 Å². The maximum Gasteiger partial charge on any atom is 0.115 e. The van der Waals surface area contributed by atoms with E-state index in [1.54, 1.807) is 0 Å². The molecule has 1 unspecified atom stereocenters. The van der Waals surface area contributed by atoms with E-state index in [4.69, 9.17) is 0 Å². The summed E-state index contributed by atoms with van der Waals surface area (Å²) >= 11 is 0. The lowest BCUT2D eigenvalue weighted by molar-refractivity contribution is -0.0538. The van der Waals surface area contributed by atoms with E-state index >= 15 is 0 Å². The first-order valence-electron chi connectivity index (χ1n) is 11.0. The number of aromatic nitrogens is 1. The fraction of sp³-hybridized carbons (Fsp3) is 0.583. The number of rotatable bonds is 7. The molecule has 1 aromatic heterocycles. The van der Waals surface area contributed by atoms with Gasteiger partial charge >= 0.3 is 0 Å². The van der Waals surface area contributed by atoms with E-state index in [-0.39, 0.29) is 5.92 Å². The second-order valence-electron chi connectivity index (χ2n) is 8.94. The van der Waals surface area contributed by atoms with Gasteiger partial charge < -0.3 is 10.1 Å². The fourth-order valence-electron chi connectivity index (χ4n) is 5.16. The Hall–Kier alpha value is -1.62. The SMILES string of the molecule is CCCCCN(C(C)C)C(O)[C@@H]1C=C2c3cccc4[nH]cc(c34)C[C@H]2N(C)C1. The first kappa shape index (κ1) is 19.7. The summed E-state index contributed by atoms with van der Waals surface area (Å²) in [5.41, 5.74) is 5.38. The zero-order chi connectivity index (χ0) is 19.8. The molecule has 0 saturated heterocycles. The lowest BCUT2D eigenvalue weighted by Gasteiger charge is -2.43. The van der Waals surface area contributed by atoms with Crippen LogP contribution in [-0.4, -0.2) is 58.3 Å². The van der Waals surface area contributed by atoms with Crippen LogP contribution in [0.5, 0.6) is 0 Å². The average Bonchev–Trinajstić information content (AvgIpc) is 3.09. The molecule has 0 amide bonds. The summed E-state index contributed by atoms with van der Waals surface area (Å²) in [6, 6.07) is 7.31. The van der Waals surface area contributed by atoms with Gasteiger partial charge in [-0.05, 0) is 56.5 Å². The standard InChI is InChI=1S/C24H35N3O/c1-5-6-7-11-27(16(2)3)24(28)18-12-20-19-9-8-10-21-23(19)17(14-25-21)13-22(20)26(4)15-18/h8-10,12,14,16,18,22,24-25,28H,5-7,11,13,15H2,1-4H3/t18-,22-,24?/m1/s1. The molecule has 3 atom stereocenters. The van der Waals surface area contributed by atoms with Crippen LogP contribution in [0.1, 0.15) is 51.2 Å². The van der Waals surface area contributed by atoms with E-state index in [1.807, 2.05) is 0 Å². The molecule has 1 aliphatic carbocycles. The normalized spacial score (nSPS) is 23.3. The number of unbranched alkanes of at least 4 members (excludes halogenated alkanes) is 2. The Morgan fingerprint density at radius 3 is 2.86 bits per heavy atom. The fourth-order valence-corrected chi connectivity index (χ4v) is 5.16. The number of likely N-dealkylation sites (N-methyl/N-ethyl adjacent to an activating group) is 1. The maximum absolute atomic E-state index is 11.3. The summed E-state index contributed by atoms with van der Waals surface area (Å²) in [5, 5.41) is 12.7. The summed E-state index contributed by atoms with van der Waals surface area (Å²) in [7, 11) is 2.21. The molecular formula is C24H35N3O. The van der Waals surface area contributed by atoms with Crippen molar-refractivity contribution in [1.82, 2.24) is 14.8 Å². The predicted octanol–water partition coefficient (Wildman–Crippen LogP) is 4.26. The van der Waals surface area contributed by atoms with Crippen LogP contribution in [0.4, 0.5) is 0 Å². The lowest BCUT2D eigenvalue weighted by Crippen LogP contribution is -2.51. The number of H-pyrrole nitrogens is 1. The highest BCUT2D eigenvalue weighted by molar-refractivity contribution is 5.98. The van der Waals surface area contributed by atoms with Crippen molar-refractivity contribution in [1.29, 1.82) is 0 Å². The highest BCUT2D eigenvalue weighted by Gasteiger charge is 2.37. The minimum atomic E-state index is -0.431. The Bertz CT molecular complexity index is 853. The topological polar surface area (TPSA) is 42.5 Å². The molecule has 2 aliphatic rings. The number of benzene rings is 1. The zero-order valence-electron chi connectivity index (χ0n) is 17.8. The van der Waals surface area contributed by atoms with E-state index in [9.17, 15) is 5.11 Å². The summed E-state index contributed by atoms with van der Waals surface area (Å²) in [4.78, 5) is 8.17. The third-order valence-corrected chi connectivity index (χ3v) is 6.70. The zero-order valence-corrected chi connectivity index (χ0v) is 17.8. The van der Waals surface area contributed by atoms with Crippen molar-refractivity contribution in [3.05, 3.63) is 41.6 Å². The van der Waals surface area contributed by atoms with Crippen LogP contribution in [0, 0.1) is 5.92 Å². The highest BCUT2D eigenvalue weighted by atomic mass is 16.3. The monoisotopic (exact) mass is 381 g/mol. The van der Waals surface area contributed by atoms with Gasteiger partial charge in [-0.2, -0.15) is 0 Å². The van der Waals surface area contributed by atoms with Gasteiger partial charge in [-0.3, -0.25) is 9.80 Å². The van der Waals surface area contributed by atoms with Crippen LogP contribution in [0.15, 0.2) is 30.5 Å². The predicted molar refractivity (Wildman–Crippen MR) is 117 cm³/mol. The molecule has 4 heteroatoms.